The Morgan fingerprint density at radius 3 is 2.43 bits per heavy atom. The second kappa shape index (κ2) is 13.1. The highest BCUT2D eigenvalue weighted by molar-refractivity contribution is 5.81. The lowest BCUT2D eigenvalue weighted by molar-refractivity contribution is -0.159. The summed E-state index contributed by atoms with van der Waals surface area (Å²) < 4.78 is 29.2. The van der Waals surface area contributed by atoms with Crippen molar-refractivity contribution in [3.8, 4) is 0 Å². The first kappa shape index (κ1) is 23.9. The van der Waals surface area contributed by atoms with Crippen LogP contribution in [0.25, 0.3) is 0 Å². The molecule has 28 heavy (non-hydrogen) atoms. The molecule has 0 bridgehead atoms. The Hall–Kier alpha value is -2.15. The maximum atomic E-state index is 13.3. The highest BCUT2D eigenvalue weighted by Gasteiger charge is 2.31. The fraction of sp³-hybridized carbons (Fsp3) is 0.619. The van der Waals surface area contributed by atoms with Crippen LogP contribution in [-0.4, -0.2) is 56.0 Å². The normalized spacial score (nSPS) is 13.1. The molecule has 0 heterocycles. The van der Waals surface area contributed by atoms with E-state index < -0.39 is 30.9 Å². The van der Waals surface area contributed by atoms with Crippen LogP contribution in [0.15, 0.2) is 30.3 Å². The number of halogens is 1. The molecule has 0 saturated heterocycles. The van der Waals surface area contributed by atoms with Crippen LogP contribution in [0.3, 0.4) is 0 Å². The number of ether oxygens (including phenoxy) is 3. The Kier molecular flexibility index (Phi) is 11.2. The zero-order chi connectivity index (χ0) is 20.9. The third-order valence-corrected chi connectivity index (χ3v) is 4.02. The minimum atomic E-state index is -1.02. The number of hydrogen-bond donors (Lipinski definition) is 0. The summed E-state index contributed by atoms with van der Waals surface area (Å²) >= 11 is 0. The average molecular weight is 397 g/mol. The molecule has 1 aromatic carbocycles. The third kappa shape index (κ3) is 8.69. The number of hydrogen-bond acceptors (Lipinski definition) is 5. The lowest BCUT2D eigenvalue weighted by Gasteiger charge is -2.28. The molecule has 1 amide bonds. The van der Waals surface area contributed by atoms with Crippen LogP contribution >= 0.6 is 0 Å². The Morgan fingerprint density at radius 1 is 1.18 bits per heavy atom. The molecule has 0 radical (unpaired) electrons. The molecule has 1 aromatic rings. The summed E-state index contributed by atoms with van der Waals surface area (Å²) in [5.74, 6) is -0.521. The highest BCUT2D eigenvalue weighted by atomic mass is 19.1. The van der Waals surface area contributed by atoms with Crippen molar-refractivity contribution in [1.29, 1.82) is 0 Å². The molecule has 0 saturated carbocycles. The Morgan fingerprint density at radius 2 is 1.86 bits per heavy atom. The molecule has 0 aliphatic carbocycles. The van der Waals surface area contributed by atoms with E-state index >= 15 is 0 Å². The van der Waals surface area contributed by atoms with Crippen molar-refractivity contribution in [2.45, 2.75) is 52.4 Å². The number of benzene rings is 1. The molecule has 0 N–H and O–H groups in total. The first-order chi connectivity index (χ1) is 13.4. The monoisotopic (exact) mass is 397 g/mol. The standard InChI is InChI=1S/C21H32FNO5/c1-5-11-27-21(25)23(4)19(12-16(2)3)20(24)28-18(13-22)15-26-14-17-9-7-6-8-10-17/h6-10,16,18-19H,5,11-15H2,1-4H3/t18-,19+/m1/s1. The molecule has 0 spiro atoms. The summed E-state index contributed by atoms with van der Waals surface area (Å²) in [5, 5.41) is 0. The summed E-state index contributed by atoms with van der Waals surface area (Å²) in [5.41, 5.74) is 0.947. The molecule has 0 aliphatic heterocycles. The van der Waals surface area contributed by atoms with E-state index in [0.29, 0.717) is 19.4 Å². The van der Waals surface area contributed by atoms with Crippen LogP contribution < -0.4 is 0 Å². The van der Waals surface area contributed by atoms with Crippen LogP contribution in [-0.2, 0) is 25.6 Å². The predicted octanol–water partition coefficient (Wildman–Crippen LogP) is 3.98. The average Bonchev–Trinajstić information content (AvgIpc) is 2.69. The van der Waals surface area contributed by atoms with Crippen molar-refractivity contribution in [2.75, 3.05) is 26.9 Å². The molecule has 1 rings (SSSR count). The molecule has 6 nitrogen and oxygen atoms in total. The SMILES string of the molecule is CCCOC(=O)N(C)[C@@H](CC(C)C)C(=O)O[C@H](CF)COCc1ccccc1. The largest absolute Gasteiger partial charge is 0.456 e. The predicted molar refractivity (Wildman–Crippen MR) is 105 cm³/mol. The van der Waals surface area contributed by atoms with Gasteiger partial charge in [-0.3, -0.25) is 4.90 Å². The van der Waals surface area contributed by atoms with Gasteiger partial charge in [-0.1, -0.05) is 51.1 Å². The van der Waals surface area contributed by atoms with E-state index in [4.69, 9.17) is 14.2 Å². The summed E-state index contributed by atoms with van der Waals surface area (Å²) in [4.78, 5) is 25.9. The van der Waals surface area contributed by atoms with Gasteiger partial charge in [-0.05, 0) is 24.3 Å². The second-order valence-electron chi connectivity index (χ2n) is 7.08. The van der Waals surface area contributed by atoms with E-state index in [0.717, 1.165) is 5.56 Å². The molecule has 2 atom stereocenters. The number of likely N-dealkylation sites (N-methyl/N-ethyl adjacent to an activating group) is 1. The molecule has 7 heteroatoms. The first-order valence-electron chi connectivity index (χ1n) is 9.66. The van der Waals surface area contributed by atoms with E-state index in [9.17, 15) is 14.0 Å². The smallest absolute Gasteiger partial charge is 0.410 e. The van der Waals surface area contributed by atoms with Gasteiger partial charge in [0.15, 0.2) is 6.10 Å². The molecule has 0 unspecified atom stereocenters. The quantitative estimate of drug-likeness (QED) is 0.499. The van der Waals surface area contributed by atoms with E-state index in [1.807, 2.05) is 51.1 Å². The lowest BCUT2D eigenvalue weighted by Crippen LogP contribution is -2.46. The number of esters is 1. The van der Waals surface area contributed by atoms with Gasteiger partial charge in [0.1, 0.15) is 12.7 Å². The van der Waals surface area contributed by atoms with Crippen molar-refractivity contribution in [1.82, 2.24) is 4.90 Å². The summed E-state index contributed by atoms with van der Waals surface area (Å²) in [6.45, 7) is 5.39. The Bertz CT molecular complexity index is 581. The van der Waals surface area contributed by atoms with E-state index in [2.05, 4.69) is 0 Å². The Labute approximate surface area is 166 Å². The van der Waals surface area contributed by atoms with Crippen LogP contribution in [0.1, 0.15) is 39.2 Å². The van der Waals surface area contributed by atoms with Gasteiger partial charge in [0.2, 0.25) is 0 Å². The van der Waals surface area contributed by atoms with Crippen LogP contribution in [0, 0.1) is 5.92 Å². The zero-order valence-corrected chi connectivity index (χ0v) is 17.2. The fourth-order valence-corrected chi connectivity index (χ4v) is 2.51. The van der Waals surface area contributed by atoms with Gasteiger partial charge >= 0.3 is 12.1 Å². The molecule has 0 aliphatic rings. The van der Waals surface area contributed by atoms with Gasteiger partial charge in [0, 0.05) is 7.05 Å². The van der Waals surface area contributed by atoms with Crippen molar-refractivity contribution < 1.29 is 28.2 Å². The first-order valence-corrected chi connectivity index (χ1v) is 9.66. The zero-order valence-electron chi connectivity index (χ0n) is 17.2. The third-order valence-electron chi connectivity index (χ3n) is 4.02. The summed E-state index contributed by atoms with van der Waals surface area (Å²) in [7, 11) is 1.49. The molecular formula is C21H32FNO5. The van der Waals surface area contributed by atoms with E-state index in [1.165, 1.54) is 11.9 Å². The maximum absolute atomic E-state index is 13.3. The minimum absolute atomic E-state index is 0.0600. The lowest BCUT2D eigenvalue weighted by atomic mass is 10.0. The number of alkyl halides is 1. The number of rotatable bonds is 12. The molecule has 158 valence electrons. The molecular weight excluding hydrogens is 365 g/mol. The van der Waals surface area contributed by atoms with Gasteiger partial charge in [-0.2, -0.15) is 0 Å². The number of amides is 1. The molecule has 0 fully saturated rings. The van der Waals surface area contributed by atoms with Gasteiger partial charge in [0.05, 0.1) is 19.8 Å². The van der Waals surface area contributed by atoms with E-state index in [1.54, 1.807) is 0 Å². The topological polar surface area (TPSA) is 65.1 Å². The van der Waals surface area contributed by atoms with Gasteiger partial charge < -0.3 is 14.2 Å². The van der Waals surface area contributed by atoms with E-state index in [-0.39, 0.29) is 19.1 Å². The van der Waals surface area contributed by atoms with Gasteiger partial charge in [0.25, 0.3) is 0 Å². The maximum Gasteiger partial charge on any atom is 0.410 e. The van der Waals surface area contributed by atoms with Crippen LogP contribution in [0.4, 0.5) is 9.18 Å². The minimum Gasteiger partial charge on any atom is -0.456 e. The summed E-state index contributed by atoms with van der Waals surface area (Å²) in [6, 6.07) is 8.61. The Balaban J connectivity index is 2.63. The highest BCUT2D eigenvalue weighted by Crippen LogP contribution is 2.15. The number of nitrogens with zero attached hydrogens (tertiary/aromatic N) is 1. The van der Waals surface area contributed by atoms with Gasteiger partial charge in [-0.25, -0.2) is 14.0 Å². The van der Waals surface area contributed by atoms with Crippen LogP contribution in [0.5, 0.6) is 0 Å². The molecule has 0 aromatic heterocycles. The van der Waals surface area contributed by atoms with Crippen molar-refractivity contribution in [3.63, 3.8) is 0 Å². The van der Waals surface area contributed by atoms with Crippen molar-refractivity contribution in [3.05, 3.63) is 35.9 Å². The fourth-order valence-electron chi connectivity index (χ4n) is 2.51. The summed E-state index contributed by atoms with van der Waals surface area (Å²) in [6.07, 6.45) is -0.547. The number of carbonyl (C=O) groups excluding carboxylic acids is 2. The second-order valence-corrected chi connectivity index (χ2v) is 7.08. The van der Waals surface area contributed by atoms with Gasteiger partial charge in [-0.15, -0.1) is 0 Å². The number of carbonyl (C=O) groups is 2. The van der Waals surface area contributed by atoms with Crippen molar-refractivity contribution >= 4 is 12.1 Å². The van der Waals surface area contributed by atoms with Crippen LogP contribution in [0.2, 0.25) is 0 Å². The van der Waals surface area contributed by atoms with Crippen molar-refractivity contribution in [2.24, 2.45) is 5.92 Å².